The van der Waals surface area contributed by atoms with E-state index in [0.29, 0.717) is 0 Å². The van der Waals surface area contributed by atoms with Crippen LogP contribution in [-0.2, 0) is 20.1 Å². The molecule has 2 heterocycles. The maximum atomic E-state index is 4.29. The van der Waals surface area contributed by atoms with E-state index >= 15 is 0 Å². The number of anilines is 1. The van der Waals surface area contributed by atoms with Gasteiger partial charge in [0.2, 0.25) is 0 Å². The van der Waals surface area contributed by atoms with E-state index in [1.807, 2.05) is 17.9 Å². The smallest absolute Gasteiger partial charge is 0.0539 e. The lowest BCUT2D eigenvalue weighted by atomic mass is 9.98. The van der Waals surface area contributed by atoms with Crippen LogP contribution in [0.25, 0.3) is 0 Å². The van der Waals surface area contributed by atoms with Crippen molar-refractivity contribution < 1.29 is 0 Å². The second-order valence-electron chi connectivity index (χ2n) is 6.27. The molecule has 1 aliphatic rings. The van der Waals surface area contributed by atoms with Crippen LogP contribution >= 0.6 is 0 Å². The van der Waals surface area contributed by atoms with Gasteiger partial charge in [-0.05, 0) is 25.0 Å². The second-order valence-corrected chi connectivity index (χ2v) is 6.27. The highest BCUT2D eigenvalue weighted by atomic mass is 15.3. The van der Waals surface area contributed by atoms with Gasteiger partial charge in [0.25, 0.3) is 0 Å². The highest BCUT2D eigenvalue weighted by Crippen LogP contribution is 2.28. The number of rotatable bonds is 3. The van der Waals surface area contributed by atoms with Crippen molar-refractivity contribution in [2.75, 3.05) is 11.4 Å². The van der Waals surface area contributed by atoms with Gasteiger partial charge in [-0.2, -0.15) is 5.10 Å². The van der Waals surface area contributed by atoms with Crippen LogP contribution in [0.3, 0.4) is 0 Å². The van der Waals surface area contributed by atoms with E-state index in [4.69, 9.17) is 0 Å². The molecule has 3 rings (SSSR count). The molecular weight excluding hydrogens is 260 g/mol. The molecule has 1 unspecified atom stereocenters. The van der Waals surface area contributed by atoms with Crippen LogP contribution < -0.4 is 10.2 Å². The van der Waals surface area contributed by atoms with Crippen molar-refractivity contribution >= 4 is 5.69 Å². The molecule has 1 aromatic carbocycles. The molecule has 0 amide bonds. The fraction of sp³-hybridized carbons (Fsp3) is 0.471. The summed E-state index contributed by atoms with van der Waals surface area (Å²) in [6, 6.07) is 8.70. The van der Waals surface area contributed by atoms with Gasteiger partial charge >= 0.3 is 0 Å². The Morgan fingerprint density at radius 1 is 1.33 bits per heavy atom. The van der Waals surface area contributed by atoms with E-state index < -0.39 is 0 Å². The average Bonchev–Trinajstić information content (AvgIpc) is 2.83. The number of para-hydroxylation sites is 1. The fourth-order valence-corrected chi connectivity index (χ4v) is 2.99. The lowest BCUT2D eigenvalue weighted by Crippen LogP contribution is -2.48. The molecule has 1 N–H and O–H groups in total. The molecule has 0 radical (unpaired) electrons. The number of nitrogens with zero attached hydrogens (tertiary/aromatic N) is 3. The Balaban J connectivity index is 1.93. The summed E-state index contributed by atoms with van der Waals surface area (Å²) in [6.07, 6.45) is 5.18. The zero-order chi connectivity index (χ0) is 14.9. The first-order chi connectivity index (χ1) is 10.1. The Hall–Kier alpha value is -1.81. The van der Waals surface area contributed by atoms with Gasteiger partial charge < -0.3 is 10.2 Å². The third-order valence-electron chi connectivity index (χ3n) is 4.49. The first kappa shape index (κ1) is 14.1. The van der Waals surface area contributed by atoms with Gasteiger partial charge in [0.15, 0.2) is 0 Å². The largest absolute Gasteiger partial charge is 0.365 e. The van der Waals surface area contributed by atoms with Crippen LogP contribution in [0.4, 0.5) is 5.69 Å². The summed E-state index contributed by atoms with van der Waals surface area (Å²) in [6.45, 7) is 7.42. The van der Waals surface area contributed by atoms with E-state index in [0.717, 1.165) is 26.1 Å². The van der Waals surface area contributed by atoms with Crippen molar-refractivity contribution in [3.05, 3.63) is 47.8 Å². The summed E-state index contributed by atoms with van der Waals surface area (Å²) in [5.74, 6) is 0. The van der Waals surface area contributed by atoms with Crippen LogP contribution in [0.2, 0.25) is 0 Å². The van der Waals surface area contributed by atoms with Gasteiger partial charge in [-0.3, -0.25) is 4.68 Å². The highest BCUT2D eigenvalue weighted by molar-refractivity contribution is 5.55. The number of fused-ring (bicyclic) bond motifs is 1. The van der Waals surface area contributed by atoms with Crippen LogP contribution in [-0.4, -0.2) is 21.9 Å². The first-order valence-electron chi connectivity index (χ1n) is 7.65. The van der Waals surface area contributed by atoms with Crippen molar-refractivity contribution in [3.8, 4) is 0 Å². The minimum absolute atomic E-state index is 0.140. The molecule has 0 saturated heterocycles. The molecule has 21 heavy (non-hydrogen) atoms. The molecule has 0 saturated carbocycles. The molecule has 1 atom stereocenters. The number of benzene rings is 1. The van der Waals surface area contributed by atoms with E-state index in [1.54, 1.807) is 0 Å². The molecule has 1 aliphatic heterocycles. The zero-order valence-corrected chi connectivity index (χ0v) is 13.1. The Morgan fingerprint density at radius 3 is 2.86 bits per heavy atom. The van der Waals surface area contributed by atoms with E-state index in [1.165, 1.54) is 16.8 Å². The quantitative estimate of drug-likeness (QED) is 0.941. The van der Waals surface area contributed by atoms with E-state index in [-0.39, 0.29) is 5.54 Å². The van der Waals surface area contributed by atoms with Gasteiger partial charge in [0.1, 0.15) is 0 Å². The Kier molecular flexibility index (Phi) is 3.72. The van der Waals surface area contributed by atoms with Crippen molar-refractivity contribution in [2.45, 2.75) is 38.9 Å². The normalized spacial score (nSPS) is 22.0. The number of nitrogens with one attached hydrogen (secondary N) is 1. The van der Waals surface area contributed by atoms with E-state index in [2.05, 4.69) is 59.6 Å². The first-order valence-corrected chi connectivity index (χ1v) is 7.65. The molecule has 4 nitrogen and oxygen atoms in total. The number of hydrogen-bond donors (Lipinski definition) is 1. The lowest BCUT2D eigenvalue weighted by molar-refractivity contribution is 0.349. The van der Waals surface area contributed by atoms with Crippen LogP contribution in [0.5, 0.6) is 0 Å². The Labute approximate surface area is 126 Å². The summed E-state index contributed by atoms with van der Waals surface area (Å²) >= 11 is 0. The maximum absolute atomic E-state index is 4.29. The molecule has 2 aromatic rings. The van der Waals surface area contributed by atoms with Gasteiger partial charge in [-0.25, -0.2) is 0 Å². The average molecular weight is 284 g/mol. The molecule has 0 fully saturated rings. The molecular formula is C17H24N4. The maximum Gasteiger partial charge on any atom is 0.0539 e. The van der Waals surface area contributed by atoms with E-state index in [9.17, 15) is 0 Å². The van der Waals surface area contributed by atoms with Crippen LogP contribution in [0.1, 0.15) is 31.4 Å². The topological polar surface area (TPSA) is 33.1 Å². The van der Waals surface area contributed by atoms with Crippen LogP contribution in [0, 0.1) is 0 Å². The van der Waals surface area contributed by atoms with Gasteiger partial charge in [-0.15, -0.1) is 0 Å². The molecule has 0 aliphatic carbocycles. The summed E-state index contributed by atoms with van der Waals surface area (Å²) in [5, 5.41) is 8.01. The summed E-state index contributed by atoms with van der Waals surface area (Å²) in [5.41, 5.74) is 4.11. The second kappa shape index (κ2) is 5.53. The monoisotopic (exact) mass is 284 g/mol. The summed E-state index contributed by atoms with van der Waals surface area (Å²) in [4.78, 5) is 2.48. The fourth-order valence-electron chi connectivity index (χ4n) is 2.99. The summed E-state index contributed by atoms with van der Waals surface area (Å²) < 4.78 is 1.87. The van der Waals surface area contributed by atoms with Crippen molar-refractivity contribution in [2.24, 2.45) is 7.05 Å². The van der Waals surface area contributed by atoms with Gasteiger partial charge in [-0.1, -0.05) is 25.1 Å². The number of aryl methyl sites for hydroxylation is 1. The SMILES string of the molecule is CCC1(C)CN(Cc2cnn(C)c2)c2ccccc2CN1. The third kappa shape index (κ3) is 2.95. The molecule has 1 aromatic heterocycles. The predicted molar refractivity (Wildman–Crippen MR) is 86.2 cm³/mol. The van der Waals surface area contributed by atoms with Crippen molar-refractivity contribution in [1.29, 1.82) is 0 Å². The molecule has 0 bridgehead atoms. The lowest BCUT2D eigenvalue weighted by Gasteiger charge is -2.34. The zero-order valence-electron chi connectivity index (χ0n) is 13.1. The van der Waals surface area contributed by atoms with Crippen LogP contribution in [0.15, 0.2) is 36.7 Å². The predicted octanol–water partition coefficient (Wildman–Crippen LogP) is 2.70. The standard InChI is InChI=1S/C17H24N4/c1-4-17(2)13-21(12-14-9-19-20(3)11-14)16-8-6-5-7-15(16)10-18-17/h5-9,11,18H,4,10,12-13H2,1-3H3. The number of aromatic nitrogens is 2. The van der Waals surface area contributed by atoms with Crippen molar-refractivity contribution in [3.63, 3.8) is 0 Å². The molecule has 112 valence electrons. The van der Waals surface area contributed by atoms with Gasteiger partial charge in [0.05, 0.1) is 6.20 Å². The van der Waals surface area contributed by atoms with Gasteiger partial charge in [0, 0.05) is 49.7 Å². The summed E-state index contributed by atoms with van der Waals surface area (Å²) in [7, 11) is 1.97. The minimum atomic E-state index is 0.140. The Bertz CT molecular complexity index is 619. The Morgan fingerprint density at radius 2 is 2.14 bits per heavy atom. The third-order valence-corrected chi connectivity index (χ3v) is 4.49. The number of hydrogen-bond acceptors (Lipinski definition) is 3. The molecule has 0 spiro atoms. The van der Waals surface area contributed by atoms with Crippen molar-refractivity contribution in [1.82, 2.24) is 15.1 Å². The molecule has 4 heteroatoms. The highest BCUT2D eigenvalue weighted by Gasteiger charge is 2.29. The minimum Gasteiger partial charge on any atom is -0.365 e.